The van der Waals surface area contributed by atoms with E-state index in [4.69, 9.17) is 23.2 Å². The smallest absolute Gasteiger partial charge is 0.184 e. The van der Waals surface area contributed by atoms with Crippen LogP contribution in [0.5, 0.6) is 0 Å². The summed E-state index contributed by atoms with van der Waals surface area (Å²) in [6.45, 7) is 1.78. The van der Waals surface area contributed by atoms with Crippen molar-refractivity contribution in [2.45, 2.75) is 12.8 Å². The van der Waals surface area contributed by atoms with Crippen LogP contribution in [0.15, 0.2) is 36.4 Å². The van der Waals surface area contributed by atoms with E-state index >= 15 is 0 Å². The Kier molecular flexibility index (Phi) is 4.62. The van der Waals surface area contributed by atoms with E-state index in [1.54, 1.807) is 19.1 Å². The van der Waals surface area contributed by atoms with E-state index in [1.807, 2.05) is 6.07 Å². The lowest BCUT2D eigenvalue weighted by Gasteiger charge is -2.11. The Morgan fingerprint density at radius 3 is 2.62 bits per heavy atom. The van der Waals surface area contributed by atoms with Crippen molar-refractivity contribution in [3.63, 3.8) is 0 Å². The first-order valence-corrected chi connectivity index (χ1v) is 6.84. The monoisotopic (exact) mass is 321 g/mol. The normalized spacial score (nSPS) is 11.8. The molecule has 0 saturated carbocycles. The topological polar surface area (TPSA) is 40.9 Å². The third-order valence-corrected chi connectivity index (χ3v) is 3.52. The van der Waals surface area contributed by atoms with E-state index in [0.29, 0.717) is 5.02 Å². The van der Waals surface area contributed by atoms with Crippen LogP contribution in [0.2, 0.25) is 10.0 Å². The van der Waals surface area contributed by atoms with Crippen LogP contribution < -0.4 is 0 Å². The summed E-state index contributed by atoms with van der Waals surface area (Å²) < 4.78 is 14.0. The number of hydrogen-bond donors (Lipinski definition) is 0. The summed E-state index contributed by atoms with van der Waals surface area (Å²) in [7, 11) is 0. The highest BCUT2D eigenvalue weighted by Gasteiger charge is 2.26. The summed E-state index contributed by atoms with van der Waals surface area (Å²) in [5, 5.41) is 9.52. The van der Waals surface area contributed by atoms with Crippen LogP contribution >= 0.6 is 23.2 Å². The molecule has 0 N–H and O–H groups in total. The number of hydrogen-bond acceptors (Lipinski definition) is 2. The molecule has 0 spiro atoms. The van der Waals surface area contributed by atoms with Gasteiger partial charge in [-0.3, -0.25) is 4.79 Å². The van der Waals surface area contributed by atoms with Gasteiger partial charge < -0.3 is 0 Å². The van der Waals surface area contributed by atoms with Crippen molar-refractivity contribution in [3.8, 4) is 6.07 Å². The standard InChI is InChI=1S/C16H10Cl2FNO/c1-9-5-10(7-11(17)6-9)16(21)13(8-20)12-3-2-4-14(18)15(12)19/h2-7,13H,1H3. The van der Waals surface area contributed by atoms with E-state index in [-0.39, 0.29) is 16.1 Å². The van der Waals surface area contributed by atoms with E-state index in [9.17, 15) is 14.4 Å². The van der Waals surface area contributed by atoms with Crippen LogP contribution in [0.4, 0.5) is 4.39 Å². The molecule has 2 rings (SSSR count). The number of benzene rings is 2. The second-order valence-electron chi connectivity index (χ2n) is 4.59. The van der Waals surface area contributed by atoms with Crippen molar-refractivity contribution in [1.29, 1.82) is 5.26 Å². The lowest BCUT2D eigenvalue weighted by molar-refractivity contribution is 0.0977. The second kappa shape index (κ2) is 6.26. The zero-order valence-corrected chi connectivity index (χ0v) is 12.5. The number of rotatable bonds is 3. The Labute approximate surface area is 131 Å². The fourth-order valence-corrected chi connectivity index (χ4v) is 2.53. The Hall–Kier alpha value is -1.89. The maximum absolute atomic E-state index is 14.0. The predicted octanol–water partition coefficient (Wildman–Crippen LogP) is 4.93. The predicted molar refractivity (Wildman–Crippen MR) is 80.3 cm³/mol. The maximum Gasteiger partial charge on any atom is 0.184 e. The molecular weight excluding hydrogens is 312 g/mol. The largest absolute Gasteiger partial charge is 0.292 e. The van der Waals surface area contributed by atoms with Gasteiger partial charge in [-0.15, -0.1) is 0 Å². The summed E-state index contributed by atoms with van der Waals surface area (Å²) in [5.74, 6) is -2.52. The van der Waals surface area contributed by atoms with Gasteiger partial charge in [-0.2, -0.15) is 5.26 Å². The molecule has 0 aliphatic heterocycles. The van der Waals surface area contributed by atoms with Crippen molar-refractivity contribution in [1.82, 2.24) is 0 Å². The molecule has 0 bridgehead atoms. The number of halogens is 3. The van der Waals surface area contributed by atoms with Crippen molar-refractivity contribution in [2.24, 2.45) is 0 Å². The highest BCUT2D eigenvalue weighted by molar-refractivity contribution is 6.31. The number of carbonyl (C=O) groups excluding carboxylic acids is 1. The highest BCUT2D eigenvalue weighted by Crippen LogP contribution is 2.28. The minimum Gasteiger partial charge on any atom is -0.292 e. The molecular formula is C16H10Cl2FNO. The number of carbonyl (C=O) groups is 1. The van der Waals surface area contributed by atoms with Crippen LogP contribution in [-0.2, 0) is 0 Å². The maximum atomic E-state index is 14.0. The van der Waals surface area contributed by atoms with Crippen LogP contribution in [0.3, 0.4) is 0 Å². The van der Waals surface area contributed by atoms with Crippen molar-refractivity contribution in [2.75, 3.05) is 0 Å². The first-order chi connectivity index (χ1) is 9.93. The van der Waals surface area contributed by atoms with Crippen LogP contribution in [0.25, 0.3) is 0 Å². The average molecular weight is 322 g/mol. The lowest BCUT2D eigenvalue weighted by Crippen LogP contribution is -2.13. The molecule has 2 aromatic rings. The van der Waals surface area contributed by atoms with Gasteiger partial charge in [0.15, 0.2) is 5.78 Å². The minimum absolute atomic E-state index is 0.0346. The van der Waals surface area contributed by atoms with Crippen molar-refractivity contribution >= 4 is 29.0 Å². The van der Waals surface area contributed by atoms with Gasteiger partial charge in [-0.1, -0.05) is 35.3 Å². The number of nitrogens with zero attached hydrogens (tertiary/aromatic N) is 1. The summed E-state index contributed by atoms with van der Waals surface area (Å²) in [6, 6.07) is 10.8. The Morgan fingerprint density at radius 1 is 1.29 bits per heavy atom. The van der Waals surface area contributed by atoms with Gasteiger partial charge in [0.05, 0.1) is 11.1 Å². The zero-order chi connectivity index (χ0) is 15.6. The molecule has 0 aliphatic carbocycles. The summed E-state index contributed by atoms with van der Waals surface area (Å²) in [6.07, 6.45) is 0. The molecule has 21 heavy (non-hydrogen) atoms. The quantitative estimate of drug-likeness (QED) is 0.752. The molecule has 5 heteroatoms. The first kappa shape index (κ1) is 15.5. The van der Waals surface area contributed by atoms with Crippen LogP contribution in [-0.4, -0.2) is 5.78 Å². The van der Waals surface area contributed by atoms with E-state index in [1.165, 1.54) is 24.3 Å². The molecule has 2 nitrogen and oxygen atoms in total. The zero-order valence-electron chi connectivity index (χ0n) is 11.0. The fraction of sp³-hybridized carbons (Fsp3) is 0.125. The average Bonchev–Trinajstić information content (AvgIpc) is 2.43. The molecule has 106 valence electrons. The first-order valence-electron chi connectivity index (χ1n) is 6.09. The molecule has 0 aliphatic rings. The van der Waals surface area contributed by atoms with Crippen LogP contribution in [0, 0.1) is 24.1 Å². The van der Waals surface area contributed by atoms with Gasteiger partial charge in [-0.25, -0.2) is 4.39 Å². The minimum atomic E-state index is -1.26. The highest BCUT2D eigenvalue weighted by atomic mass is 35.5. The SMILES string of the molecule is Cc1cc(Cl)cc(C(=O)C(C#N)c2cccc(Cl)c2F)c1. The van der Waals surface area contributed by atoms with Crippen molar-refractivity contribution in [3.05, 3.63) is 69.0 Å². The molecule has 1 unspecified atom stereocenters. The van der Waals surface area contributed by atoms with Gasteiger partial charge >= 0.3 is 0 Å². The van der Waals surface area contributed by atoms with E-state index in [0.717, 1.165) is 5.56 Å². The molecule has 0 heterocycles. The third-order valence-electron chi connectivity index (χ3n) is 3.01. The fourth-order valence-electron chi connectivity index (χ4n) is 2.06. The molecule has 1 atom stereocenters. The van der Waals surface area contributed by atoms with Gasteiger partial charge in [0.1, 0.15) is 11.7 Å². The number of aryl methyl sites for hydroxylation is 1. The molecule has 0 fully saturated rings. The van der Waals surface area contributed by atoms with E-state index in [2.05, 4.69) is 0 Å². The molecule has 0 radical (unpaired) electrons. The Bertz CT molecular complexity index is 732. The van der Waals surface area contributed by atoms with Gasteiger partial charge in [0, 0.05) is 16.1 Å². The third kappa shape index (κ3) is 3.24. The number of ketones is 1. The lowest BCUT2D eigenvalue weighted by atomic mass is 9.91. The van der Waals surface area contributed by atoms with Crippen molar-refractivity contribution < 1.29 is 9.18 Å². The van der Waals surface area contributed by atoms with Gasteiger partial charge in [0.2, 0.25) is 0 Å². The summed E-state index contributed by atoms with van der Waals surface area (Å²) in [5.41, 5.74) is 1.02. The summed E-state index contributed by atoms with van der Waals surface area (Å²) >= 11 is 11.6. The number of Topliss-reactive ketones (excluding diaryl/α,β-unsaturated/α-hetero) is 1. The van der Waals surface area contributed by atoms with Crippen LogP contribution in [0.1, 0.15) is 27.4 Å². The molecule has 0 amide bonds. The number of nitriles is 1. The Morgan fingerprint density at radius 2 is 2.00 bits per heavy atom. The molecule has 0 saturated heterocycles. The van der Waals surface area contributed by atoms with Gasteiger partial charge in [0.25, 0.3) is 0 Å². The van der Waals surface area contributed by atoms with E-state index < -0.39 is 17.5 Å². The second-order valence-corrected chi connectivity index (χ2v) is 5.43. The Balaban J connectivity index is 2.49. The van der Waals surface area contributed by atoms with Gasteiger partial charge in [-0.05, 0) is 36.8 Å². The summed E-state index contributed by atoms with van der Waals surface area (Å²) in [4.78, 5) is 12.5. The molecule has 2 aromatic carbocycles. The molecule has 0 aromatic heterocycles.